The summed E-state index contributed by atoms with van der Waals surface area (Å²) in [6, 6.07) is 0. The third-order valence-electron chi connectivity index (χ3n) is 4.48. The minimum absolute atomic E-state index is 0.256. The molecule has 1 saturated carbocycles. The highest BCUT2D eigenvalue weighted by atomic mass is 16.5. The number of aromatic nitrogens is 6. The lowest BCUT2D eigenvalue weighted by atomic mass is 9.81. The summed E-state index contributed by atoms with van der Waals surface area (Å²) in [6.07, 6.45) is 13.6. The van der Waals surface area contributed by atoms with Crippen LogP contribution in [0.5, 0.6) is 0 Å². The van der Waals surface area contributed by atoms with Gasteiger partial charge in [-0.05, 0) is 12.8 Å². The Kier molecular flexibility index (Phi) is 4.34. The van der Waals surface area contributed by atoms with Crippen LogP contribution in [0.3, 0.4) is 0 Å². The Morgan fingerprint density at radius 1 is 1.00 bits per heavy atom. The van der Waals surface area contributed by atoms with Gasteiger partial charge in [-0.25, -0.2) is 9.97 Å². The number of rotatable bonds is 4. The molecule has 3 heterocycles. The number of amides is 1. The number of nitrogens with one attached hydrogen (secondary N) is 1. The van der Waals surface area contributed by atoms with Crippen molar-refractivity contribution in [2.45, 2.75) is 37.6 Å². The normalized spacial score (nSPS) is 16.2. The molecule has 26 heavy (non-hydrogen) atoms. The zero-order valence-corrected chi connectivity index (χ0v) is 14.0. The fourth-order valence-electron chi connectivity index (χ4n) is 3.18. The standard InChI is InChI=1S/C17H17N7O2/c25-15(13-11-19-7-9-21-13)23-17(4-2-1-3-5-17)16-22-14(24-26-16)12-10-18-6-8-20-12/h6-11H,1-5H2,(H,23,25). The van der Waals surface area contributed by atoms with Gasteiger partial charge in [0.05, 0.1) is 12.4 Å². The zero-order valence-electron chi connectivity index (χ0n) is 14.0. The Morgan fingerprint density at radius 2 is 1.77 bits per heavy atom. The van der Waals surface area contributed by atoms with Gasteiger partial charge in [0.25, 0.3) is 11.8 Å². The zero-order chi connectivity index (χ0) is 17.8. The van der Waals surface area contributed by atoms with Gasteiger partial charge in [-0.2, -0.15) is 4.98 Å². The highest BCUT2D eigenvalue weighted by molar-refractivity contribution is 5.92. The van der Waals surface area contributed by atoms with E-state index in [1.54, 1.807) is 18.6 Å². The Balaban J connectivity index is 1.65. The van der Waals surface area contributed by atoms with Crippen LogP contribution in [-0.4, -0.2) is 36.0 Å². The summed E-state index contributed by atoms with van der Waals surface area (Å²) in [6.45, 7) is 0. The summed E-state index contributed by atoms with van der Waals surface area (Å²) < 4.78 is 5.52. The van der Waals surface area contributed by atoms with Crippen LogP contribution in [0, 0.1) is 0 Å². The summed E-state index contributed by atoms with van der Waals surface area (Å²) in [4.78, 5) is 33.3. The maximum Gasteiger partial charge on any atom is 0.272 e. The molecule has 0 unspecified atom stereocenters. The number of carbonyl (C=O) groups excluding carboxylic acids is 1. The van der Waals surface area contributed by atoms with E-state index in [4.69, 9.17) is 4.52 Å². The molecule has 0 bridgehead atoms. The van der Waals surface area contributed by atoms with E-state index in [-0.39, 0.29) is 11.6 Å². The molecule has 0 radical (unpaired) electrons. The molecule has 4 rings (SSSR count). The molecule has 3 aromatic rings. The van der Waals surface area contributed by atoms with Crippen LogP contribution in [0.1, 0.15) is 48.5 Å². The van der Waals surface area contributed by atoms with Crippen molar-refractivity contribution in [1.29, 1.82) is 0 Å². The quantitative estimate of drug-likeness (QED) is 0.757. The Bertz CT molecular complexity index is 876. The number of carbonyl (C=O) groups is 1. The summed E-state index contributed by atoms with van der Waals surface area (Å²) in [7, 11) is 0. The molecule has 1 fully saturated rings. The second-order valence-corrected chi connectivity index (χ2v) is 6.20. The predicted molar refractivity (Wildman–Crippen MR) is 89.6 cm³/mol. The van der Waals surface area contributed by atoms with Gasteiger partial charge in [0.1, 0.15) is 16.9 Å². The van der Waals surface area contributed by atoms with E-state index in [9.17, 15) is 4.79 Å². The molecule has 0 aromatic carbocycles. The summed E-state index contributed by atoms with van der Waals surface area (Å²) >= 11 is 0. The SMILES string of the molecule is O=C(NC1(c2nc(-c3cnccn3)no2)CCCCC1)c1cnccn1. The first-order valence-electron chi connectivity index (χ1n) is 8.46. The van der Waals surface area contributed by atoms with E-state index in [1.807, 2.05) is 0 Å². The van der Waals surface area contributed by atoms with Crippen LogP contribution in [-0.2, 0) is 5.54 Å². The lowest BCUT2D eigenvalue weighted by Crippen LogP contribution is -2.47. The topological polar surface area (TPSA) is 120 Å². The van der Waals surface area contributed by atoms with Gasteiger partial charge in [-0.3, -0.25) is 14.8 Å². The fourth-order valence-corrected chi connectivity index (χ4v) is 3.18. The van der Waals surface area contributed by atoms with E-state index >= 15 is 0 Å². The first-order chi connectivity index (χ1) is 12.8. The van der Waals surface area contributed by atoms with Crippen LogP contribution in [0.2, 0.25) is 0 Å². The van der Waals surface area contributed by atoms with Gasteiger partial charge in [-0.15, -0.1) is 0 Å². The lowest BCUT2D eigenvalue weighted by molar-refractivity contribution is 0.0819. The lowest BCUT2D eigenvalue weighted by Gasteiger charge is -2.34. The van der Waals surface area contributed by atoms with E-state index < -0.39 is 5.54 Å². The van der Waals surface area contributed by atoms with Gasteiger partial charge in [0.2, 0.25) is 5.82 Å². The molecule has 1 amide bonds. The fraction of sp³-hybridized carbons (Fsp3) is 0.353. The van der Waals surface area contributed by atoms with Gasteiger partial charge in [0.15, 0.2) is 0 Å². The molecule has 1 aliphatic rings. The number of hydrogen-bond acceptors (Lipinski definition) is 8. The molecule has 1 aliphatic carbocycles. The molecule has 132 valence electrons. The molecule has 9 heteroatoms. The van der Waals surface area contributed by atoms with Crippen LogP contribution in [0.15, 0.2) is 41.7 Å². The minimum Gasteiger partial charge on any atom is -0.336 e. The molecular weight excluding hydrogens is 334 g/mol. The Labute approximate surface area is 149 Å². The van der Waals surface area contributed by atoms with Crippen molar-refractivity contribution >= 4 is 5.91 Å². The molecule has 3 aromatic heterocycles. The first-order valence-corrected chi connectivity index (χ1v) is 8.46. The van der Waals surface area contributed by atoms with Gasteiger partial charge < -0.3 is 9.84 Å². The third-order valence-corrected chi connectivity index (χ3v) is 4.48. The summed E-state index contributed by atoms with van der Waals surface area (Å²) in [5.41, 5.74) is 0.0696. The average Bonchev–Trinajstić information content (AvgIpc) is 3.21. The van der Waals surface area contributed by atoms with Crippen molar-refractivity contribution in [3.63, 3.8) is 0 Å². The second-order valence-electron chi connectivity index (χ2n) is 6.20. The van der Waals surface area contributed by atoms with Crippen LogP contribution < -0.4 is 5.32 Å². The molecule has 0 saturated heterocycles. The highest BCUT2D eigenvalue weighted by Crippen LogP contribution is 2.37. The van der Waals surface area contributed by atoms with Gasteiger partial charge in [0, 0.05) is 24.8 Å². The summed E-state index contributed by atoms with van der Waals surface area (Å²) in [5, 5.41) is 7.07. The first kappa shape index (κ1) is 16.2. The summed E-state index contributed by atoms with van der Waals surface area (Å²) in [5.74, 6) is 0.432. The second kappa shape index (κ2) is 6.95. The van der Waals surface area contributed by atoms with E-state index in [1.165, 1.54) is 18.6 Å². The maximum absolute atomic E-state index is 12.6. The van der Waals surface area contributed by atoms with Gasteiger partial charge in [-0.1, -0.05) is 24.4 Å². The van der Waals surface area contributed by atoms with Crippen molar-refractivity contribution in [3.05, 3.63) is 48.8 Å². The van der Waals surface area contributed by atoms with Crippen molar-refractivity contribution in [3.8, 4) is 11.5 Å². The Hall–Kier alpha value is -3.23. The van der Waals surface area contributed by atoms with Crippen molar-refractivity contribution < 1.29 is 9.32 Å². The smallest absolute Gasteiger partial charge is 0.272 e. The third kappa shape index (κ3) is 3.15. The van der Waals surface area contributed by atoms with Crippen molar-refractivity contribution in [1.82, 2.24) is 35.4 Å². The average molecular weight is 351 g/mol. The maximum atomic E-state index is 12.6. The molecule has 0 spiro atoms. The molecule has 9 nitrogen and oxygen atoms in total. The number of nitrogens with zero attached hydrogens (tertiary/aromatic N) is 6. The molecule has 0 aliphatic heterocycles. The van der Waals surface area contributed by atoms with Crippen molar-refractivity contribution in [2.75, 3.05) is 0 Å². The predicted octanol–water partition coefficient (Wildman–Crippen LogP) is 1.91. The van der Waals surface area contributed by atoms with E-state index in [2.05, 4.69) is 35.4 Å². The molecule has 0 atom stereocenters. The van der Waals surface area contributed by atoms with Crippen LogP contribution in [0.25, 0.3) is 11.5 Å². The molecular formula is C17H17N7O2. The number of hydrogen-bond donors (Lipinski definition) is 1. The monoisotopic (exact) mass is 351 g/mol. The minimum atomic E-state index is -0.708. The largest absolute Gasteiger partial charge is 0.336 e. The van der Waals surface area contributed by atoms with Crippen LogP contribution in [0.4, 0.5) is 0 Å². The van der Waals surface area contributed by atoms with Gasteiger partial charge >= 0.3 is 0 Å². The van der Waals surface area contributed by atoms with E-state index in [0.717, 1.165) is 32.1 Å². The highest BCUT2D eigenvalue weighted by Gasteiger charge is 2.41. The Morgan fingerprint density at radius 3 is 2.46 bits per heavy atom. The molecule has 1 N–H and O–H groups in total. The van der Waals surface area contributed by atoms with E-state index in [0.29, 0.717) is 17.4 Å². The van der Waals surface area contributed by atoms with Crippen molar-refractivity contribution in [2.24, 2.45) is 0 Å². The van der Waals surface area contributed by atoms with Crippen LogP contribution >= 0.6 is 0 Å².